The zero-order chi connectivity index (χ0) is 32.3. The molecule has 3 unspecified atom stereocenters. The van der Waals surface area contributed by atoms with Crippen LogP contribution in [-0.2, 0) is 30.7 Å². The topological polar surface area (TPSA) is 198 Å². The van der Waals surface area contributed by atoms with Crippen LogP contribution in [0.2, 0.25) is 0 Å². The number of ether oxygens (including phenoxy) is 1. The van der Waals surface area contributed by atoms with Crippen molar-refractivity contribution in [3.05, 3.63) is 95.1 Å². The van der Waals surface area contributed by atoms with Crippen molar-refractivity contribution in [2.75, 3.05) is 31.1 Å². The Morgan fingerprint density at radius 3 is 2.17 bits per heavy atom. The summed E-state index contributed by atoms with van der Waals surface area (Å²) in [5.41, 5.74) is 1.84. The molecule has 3 aromatic carbocycles. The van der Waals surface area contributed by atoms with Crippen LogP contribution in [0.15, 0.2) is 66.7 Å². The summed E-state index contributed by atoms with van der Waals surface area (Å²) in [6.45, 7) is 0.329. The molecule has 248 valence electrons. The number of aliphatic hydroxyl groups is 1. The highest BCUT2D eigenvalue weighted by Gasteiger charge is 2.49. The number of carbonyl (C=O) groups excluding carboxylic acids is 2. The molecule has 3 atom stereocenters. The molecular formula is C30H35F2N5O8S. The van der Waals surface area contributed by atoms with Gasteiger partial charge in [0.15, 0.2) is 0 Å². The Labute approximate surface area is 264 Å². The van der Waals surface area contributed by atoms with E-state index in [0.29, 0.717) is 22.4 Å². The average molecular weight is 664 g/mol. The number of hydrogen-bond donors (Lipinski definition) is 4. The number of phenols is 1. The van der Waals surface area contributed by atoms with Crippen LogP contribution in [0, 0.1) is 17.6 Å². The molecule has 5 rings (SSSR count). The Morgan fingerprint density at radius 2 is 1.59 bits per heavy atom. The van der Waals surface area contributed by atoms with Gasteiger partial charge >= 0.3 is 16.4 Å². The highest BCUT2D eigenvalue weighted by atomic mass is 32.2. The van der Waals surface area contributed by atoms with E-state index in [1.54, 1.807) is 12.1 Å². The first kappa shape index (κ1) is 34.7. The van der Waals surface area contributed by atoms with E-state index in [1.807, 2.05) is 0 Å². The van der Waals surface area contributed by atoms with Crippen molar-refractivity contribution in [2.45, 2.75) is 31.6 Å². The van der Waals surface area contributed by atoms with Crippen LogP contribution in [-0.4, -0.2) is 66.8 Å². The molecule has 2 aliphatic rings. The van der Waals surface area contributed by atoms with Crippen LogP contribution in [0.5, 0.6) is 5.75 Å². The summed E-state index contributed by atoms with van der Waals surface area (Å²) in [6, 6.07) is 14.9. The number of aliphatic hydroxyl groups excluding tert-OH is 1. The van der Waals surface area contributed by atoms with Gasteiger partial charge in [0.2, 0.25) is 5.91 Å². The fraction of sp³-hybridized carbons (Fsp3) is 0.333. The van der Waals surface area contributed by atoms with Crippen molar-refractivity contribution < 1.29 is 46.0 Å². The van der Waals surface area contributed by atoms with E-state index in [0.717, 1.165) is 5.06 Å². The normalized spacial score (nSPS) is 19.3. The Morgan fingerprint density at radius 1 is 0.978 bits per heavy atom. The van der Waals surface area contributed by atoms with Gasteiger partial charge in [-0.05, 0) is 66.4 Å². The van der Waals surface area contributed by atoms with Crippen LogP contribution in [0.1, 0.15) is 41.7 Å². The molecule has 2 aliphatic heterocycles. The molecule has 0 saturated carbocycles. The molecule has 2 saturated heterocycles. The Balaban J connectivity index is 0.00000480. The van der Waals surface area contributed by atoms with Gasteiger partial charge in [-0.15, -0.1) is 0 Å². The third kappa shape index (κ3) is 8.14. The van der Waals surface area contributed by atoms with Crippen molar-refractivity contribution in [1.29, 1.82) is 0 Å². The van der Waals surface area contributed by atoms with Gasteiger partial charge in [-0.1, -0.05) is 24.3 Å². The number of benzene rings is 3. The highest BCUT2D eigenvalue weighted by Crippen LogP contribution is 2.48. The number of halogens is 2. The number of phenolic OH excluding ortho intramolecular Hbond substituents is 1. The second-order valence-electron chi connectivity index (χ2n) is 10.8. The molecule has 2 heterocycles. The lowest BCUT2D eigenvalue weighted by atomic mass is 9.77. The summed E-state index contributed by atoms with van der Waals surface area (Å²) in [4.78, 5) is 28.7. The second kappa shape index (κ2) is 14.5. The predicted molar refractivity (Wildman–Crippen MR) is 161 cm³/mol. The van der Waals surface area contributed by atoms with Gasteiger partial charge in [-0.3, -0.25) is 4.79 Å². The number of hydrogen-bond acceptors (Lipinski definition) is 10. The molecule has 3 aromatic rings. The molecule has 2 fully saturated rings. The van der Waals surface area contributed by atoms with Crippen molar-refractivity contribution in [2.24, 2.45) is 11.1 Å². The highest BCUT2D eigenvalue weighted by molar-refractivity contribution is 7.84. The summed E-state index contributed by atoms with van der Waals surface area (Å²) >= 11 is 0. The smallest absolute Gasteiger partial charge is 0.410 e. The molecule has 16 heteroatoms. The van der Waals surface area contributed by atoms with Crippen LogP contribution in [0.25, 0.3) is 0 Å². The number of aromatic hydroxyl groups is 1. The summed E-state index contributed by atoms with van der Waals surface area (Å²) < 4.78 is 59.1. The lowest BCUT2D eigenvalue weighted by Crippen LogP contribution is -2.55. The molecule has 0 bridgehead atoms. The molecule has 46 heavy (non-hydrogen) atoms. The molecular weight excluding hydrogens is 628 g/mol. The van der Waals surface area contributed by atoms with E-state index >= 15 is 0 Å². The van der Waals surface area contributed by atoms with Crippen molar-refractivity contribution in [3.8, 4) is 5.75 Å². The maximum absolute atomic E-state index is 13.6. The van der Waals surface area contributed by atoms with Crippen molar-refractivity contribution in [3.63, 3.8) is 0 Å². The van der Waals surface area contributed by atoms with Gasteiger partial charge in [0, 0.05) is 37.4 Å². The van der Waals surface area contributed by atoms with Crippen LogP contribution in [0.3, 0.4) is 0 Å². The minimum absolute atomic E-state index is 0. The third-order valence-corrected chi connectivity index (χ3v) is 8.23. The first-order valence-electron chi connectivity index (χ1n) is 14.1. The lowest BCUT2D eigenvalue weighted by Gasteiger charge is -2.48. The zero-order valence-corrected chi connectivity index (χ0v) is 25.5. The van der Waals surface area contributed by atoms with Gasteiger partial charge < -0.3 is 30.9 Å². The average Bonchev–Trinajstić information content (AvgIpc) is 3.00. The quantitative estimate of drug-likeness (QED) is 0.233. The number of rotatable bonds is 10. The fourth-order valence-corrected chi connectivity index (χ4v) is 5.96. The summed E-state index contributed by atoms with van der Waals surface area (Å²) in [5, 5.41) is 27.7. The predicted octanol–water partition coefficient (Wildman–Crippen LogP) is 3.44. The maximum Gasteiger partial charge on any atom is 0.410 e. The monoisotopic (exact) mass is 663 g/mol. The van der Waals surface area contributed by atoms with Gasteiger partial charge in [0.25, 0.3) is 0 Å². The van der Waals surface area contributed by atoms with Gasteiger partial charge in [0.05, 0.1) is 18.1 Å². The van der Waals surface area contributed by atoms with Crippen LogP contribution >= 0.6 is 0 Å². The van der Waals surface area contributed by atoms with E-state index in [9.17, 15) is 37.0 Å². The maximum atomic E-state index is 13.6. The Bertz CT molecular complexity index is 1640. The van der Waals surface area contributed by atoms with Crippen LogP contribution < -0.4 is 16.2 Å². The number of anilines is 1. The largest absolute Gasteiger partial charge is 0.508 e. The number of amides is 2. The van der Waals surface area contributed by atoms with Crippen molar-refractivity contribution >= 4 is 28.0 Å². The first-order chi connectivity index (χ1) is 21.4. The number of nitrogens with zero attached hydrogens (tertiary/aromatic N) is 3. The Kier molecular flexibility index (Phi) is 10.9. The van der Waals surface area contributed by atoms with E-state index in [4.69, 9.17) is 9.88 Å². The first-order valence-corrected chi connectivity index (χ1v) is 15.6. The summed E-state index contributed by atoms with van der Waals surface area (Å²) in [7, 11) is -4.16. The molecule has 13 nitrogen and oxygen atoms in total. The molecule has 0 spiro atoms. The van der Waals surface area contributed by atoms with Gasteiger partial charge in [-0.25, -0.2) is 18.7 Å². The number of piperazine rings is 1. The second-order valence-corrected chi connectivity index (χ2v) is 11.9. The molecule has 2 amide bonds. The summed E-state index contributed by atoms with van der Waals surface area (Å²) in [6.07, 6.45) is -1.12. The Hall–Kier alpha value is -4.19. The summed E-state index contributed by atoms with van der Waals surface area (Å²) in [5.74, 6) is -1.92. The number of hydroxylamine groups is 2. The molecule has 0 aromatic heterocycles. The lowest BCUT2D eigenvalue weighted by molar-refractivity contribution is -0.131. The number of nitrogens with two attached hydrogens (primary N) is 1. The minimum atomic E-state index is -4.16. The number of β-lactam (4-membered cyclic amide) rings is 1. The standard InChI is InChI=1S/C30H32F2N4O8S.H3N/c31-21-4-2-20(3-5-21)26(37)12-11-25-28(36(29(25)39)23-8-6-22(32)7-9-23)24-10-1-19(17-27(24)38)18-43-30(40)34-13-15-35(16-14-34)44-45(33,41)42;/h1-10,17,25-26,28,37-38H,11-16,18H2,(H2,33,41,42);1H3. The van der Waals surface area contributed by atoms with Gasteiger partial charge in [-0.2, -0.15) is 17.8 Å². The fourth-order valence-electron chi connectivity index (χ4n) is 5.52. The van der Waals surface area contributed by atoms with E-state index in [2.05, 4.69) is 4.28 Å². The SMILES string of the molecule is N.NS(=O)(=O)ON1CCN(C(=O)OCc2ccc(C3C(CCC(O)c4ccc(F)cc4)C(=O)N3c3ccc(F)cc3)c(O)c2)CC1. The van der Waals surface area contributed by atoms with Crippen LogP contribution in [0.4, 0.5) is 19.3 Å². The molecule has 0 aliphatic carbocycles. The van der Waals surface area contributed by atoms with Gasteiger partial charge in [0.1, 0.15) is 24.0 Å². The van der Waals surface area contributed by atoms with E-state index < -0.39 is 46.1 Å². The molecule has 0 radical (unpaired) electrons. The van der Waals surface area contributed by atoms with Crippen molar-refractivity contribution in [1.82, 2.24) is 16.1 Å². The number of carbonyl (C=O) groups is 2. The zero-order valence-electron chi connectivity index (χ0n) is 24.7. The molecule has 7 N–H and O–H groups in total. The van der Waals surface area contributed by atoms with E-state index in [1.165, 1.54) is 64.4 Å². The minimum Gasteiger partial charge on any atom is -0.508 e. The van der Waals surface area contributed by atoms with E-state index in [-0.39, 0.29) is 63.4 Å². The third-order valence-electron chi connectivity index (χ3n) is 7.81.